The van der Waals surface area contributed by atoms with E-state index < -0.39 is 5.82 Å². The lowest BCUT2D eigenvalue weighted by molar-refractivity contribution is 0.435. The van der Waals surface area contributed by atoms with E-state index in [1.165, 1.54) is 12.1 Å². The van der Waals surface area contributed by atoms with E-state index in [2.05, 4.69) is 13.8 Å². The molecule has 0 unspecified atom stereocenters. The van der Waals surface area contributed by atoms with Gasteiger partial charge in [-0.3, -0.25) is 5.41 Å². The van der Waals surface area contributed by atoms with Crippen molar-refractivity contribution in [3.8, 4) is 11.5 Å². The Hall–Kier alpha value is -2.07. The first-order valence-electron chi connectivity index (χ1n) is 6.81. The zero-order valence-electron chi connectivity index (χ0n) is 12.8. The average Bonchev–Trinajstić information content (AvgIpc) is 2.40. The quantitative estimate of drug-likeness (QED) is 0.630. The summed E-state index contributed by atoms with van der Waals surface area (Å²) in [5, 5.41) is 7.31. The highest BCUT2D eigenvalue weighted by molar-refractivity contribution is 5.95. The number of benzene rings is 2. The van der Waals surface area contributed by atoms with Crippen LogP contribution in [0.25, 0.3) is 0 Å². The van der Waals surface area contributed by atoms with Gasteiger partial charge in [0, 0.05) is 5.56 Å². The predicted molar refractivity (Wildman–Crippen MR) is 90.0 cm³/mol. The maximum Gasteiger partial charge on any atom is 0.166 e. The van der Waals surface area contributed by atoms with Crippen LogP contribution in [0.15, 0.2) is 36.4 Å². The largest absolute Gasteiger partial charge is 0.454 e. The van der Waals surface area contributed by atoms with Crippen LogP contribution >= 0.6 is 12.4 Å². The molecule has 0 bridgehead atoms. The Bertz CT molecular complexity index is 686. The van der Waals surface area contributed by atoms with E-state index >= 15 is 0 Å². The minimum Gasteiger partial charge on any atom is -0.454 e. The van der Waals surface area contributed by atoms with Crippen LogP contribution < -0.4 is 10.5 Å². The van der Waals surface area contributed by atoms with Crippen LogP contribution in [0.4, 0.5) is 4.39 Å². The highest BCUT2D eigenvalue weighted by Crippen LogP contribution is 2.32. The van der Waals surface area contributed by atoms with Crippen molar-refractivity contribution >= 4 is 18.2 Å². The van der Waals surface area contributed by atoms with E-state index in [0.717, 1.165) is 11.1 Å². The van der Waals surface area contributed by atoms with Gasteiger partial charge in [-0.1, -0.05) is 26.0 Å². The molecular formula is C17H20ClFN2O. The standard InChI is InChI=1S/C17H19FN2O.ClH/c1-10(2)13-6-4-11(3)8-16(13)21-15-7-5-12(17(19)20)9-14(15)18;/h4-10H,1-3H3,(H3,19,20);1H. The number of halogens is 2. The molecule has 0 radical (unpaired) electrons. The van der Waals surface area contributed by atoms with Gasteiger partial charge in [-0.25, -0.2) is 4.39 Å². The Morgan fingerprint density at radius 1 is 1.14 bits per heavy atom. The zero-order valence-corrected chi connectivity index (χ0v) is 13.6. The first kappa shape index (κ1) is 18.0. The fourth-order valence-electron chi connectivity index (χ4n) is 2.08. The zero-order chi connectivity index (χ0) is 15.6. The number of nitrogens with two attached hydrogens (primary N) is 1. The molecule has 0 aliphatic heterocycles. The number of hydrogen-bond acceptors (Lipinski definition) is 2. The summed E-state index contributed by atoms with van der Waals surface area (Å²) >= 11 is 0. The van der Waals surface area contributed by atoms with Gasteiger partial charge < -0.3 is 10.5 Å². The molecule has 2 aromatic rings. The fourth-order valence-corrected chi connectivity index (χ4v) is 2.08. The number of aryl methyl sites for hydroxylation is 1. The van der Waals surface area contributed by atoms with Crippen LogP contribution in [0.1, 0.15) is 36.5 Å². The molecule has 5 heteroatoms. The Morgan fingerprint density at radius 2 is 1.82 bits per heavy atom. The number of ether oxygens (including phenoxy) is 1. The van der Waals surface area contributed by atoms with Crippen molar-refractivity contribution < 1.29 is 9.13 Å². The summed E-state index contributed by atoms with van der Waals surface area (Å²) in [6, 6.07) is 10.2. The molecule has 0 amide bonds. The number of amidine groups is 1. The van der Waals surface area contributed by atoms with Crippen LogP contribution in [-0.2, 0) is 0 Å². The lowest BCUT2D eigenvalue weighted by Gasteiger charge is -2.15. The Balaban J connectivity index is 0.00000242. The van der Waals surface area contributed by atoms with E-state index in [9.17, 15) is 4.39 Å². The normalized spacial score (nSPS) is 10.2. The van der Waals surface area contributed by atoms with Crippen LogP contribution in [0, 0.1) is 18.2 Å². The molecule has 3 nitrogen and oxygen atoms in total. The molecule has 0 saturated heterocycles. The van der Waals surface area contributed by atoms with Gasteiger partial charge in [-0.2, -0.15) is 0 Å². The summed E-state index contributed by atoms with van der Waals surface area (Å²) in [5.41, 5.74) is 7.76. The van der Waals surface area contributed by atoms with Gasteiger partial charge in [-0.05, 0) is 48.2 Å². The third-order valence-electron chi connectivity index (χ3n) is 3.25. The van der Waals surface area contributed by atoms with E-state index in [1.807, 2.05) is 25.1 Å². The SMILES string of the molecule is Cc1ccc(C(C)C)c(Oc2ccc(C(=N)N)cc2F)c1.Cl. The van der Waals surface area contributed by atoms with Crippen LogP contribution in [0.2, 0.25) is 0 Å². The number of nitrogens with one attached hydrogen (secondary N) is 1. The van der Waals surface area contributed by atoms with E-state index in [-0.39, 0.29) is 29.9 Å². The number of nitrogen functional groups attached to an aromatic ring is 1. The molecule has 0 aliphatic carbocycles. The maximum absolute atomic E-state index is 14.1. The summed E-state index contributed by atoms with van der Waals surface area (Å²) in [7, 11) is 0. The van der Waals surface area contributed by atoms with Crippen LogP contribution in [0.3, 0.4) is 0 Å². The summed E-state index contributed by atoms with van der Waals surface area (Å²) in [6.07, 6.45) is 0. The molecule has 0 saturated carbocycles. The molecule has 2 rings (SSSR count). The second-order valence-electron chi connectivity index (χ2n) is 5.36. The van der Waals surface area contributed by atoms with E-state index in [0.29, 0.717) is 11.3 Å². The van der Waals surface area contributed by atoms with Gasteiger partial charge in [0.25, 0.3) is 0 Å². The second-order valence-corrected chi connectivity index (χ2v) is 5.36. The van der Waals surface area contributed by atoms with Crippen molar-refractivity contribution in [1.82, 2.24) is 0 Å². The van der Waals surface area contributed by atoms with E-state index in [1.54, 1.807) is 6.07 Å². The van der Waals surface area contributed by atoms with Gasteiger partial charge in [0.15, 0.2) is 11.6 Å². The molecule has 0 atom stereocenters. The Morgan fingerprint density at radius 3 is 2.36 bits per heavy atom. The van der Waals surface area contributed by atoms with Crippen molar-refractivity contribution in [3.05, 3.63) is 58.9 Å². The van der Waals surface area contributed by atoms with Crippen molar-refractivity contribution in [1.29, 1.82) is 5.41 Å². The first-order chi connectivity index (χ1) is 9.88. The summed E-state index contributed by atoms with van der Waals surface area (Å²) < 4.78 is 19.8. The monoisotopic (exact) mass is 322 g/mol. The molecule has 0 heterocycles. The Kier molecular flexibility index (Phi) is 5.94. The molecule has 0 fully saturated rings. The van der Waals surface area contributed by atoms with Gasteiger partial charge in [0.2, 0.25) is 0 Å². The molecule has 22 heavy (non-hydrogen) atoms. The van der Waals surface area contributed by atoms with Crippen LogP contribution in [-0.4, -0.2) is 5.84 Å². The first-order valence-corrected chi connectivity index (χ1v) is 6.81. The third kappa shape index (κ3) is 3.98. The molecule has 0 aromatic heterocycles. The van der Waals surface area contributed by atoms with Crippen LogP contribution in [0.5, 0.6) is 11.5 Å². The fraction of sp³-hybridized carbons (Fsp3) is 0.235. The highest BCUT2D eigenvalue weighted by Gasteiger charge is 2.12. The van der Waals surface area contributed by atoms with Crippen molar-refractivity contribution in [2.75, 3.05) is 0 Å². The Labute approximate surface area is 136 Å². The highest BCUT2D eigenvalue weighted by atomic mass is 35.5. The van der Waals surface area contributed by atoms with E-state index in [4.69, 9.17) is 15.9 Å². The molecule has 2 aromatic carbocycles. The molecule has 118 valence electrons. The van der Waals surface area contributed by atoms with Gasteiger partial charge in [0.05, 0.1) is 0 Å². The summed E-state index contributed by atoms with van der Waals surface area (Å²) in [4.78, 5) is 0. The summed E-state index contributed by atoms with van der Waals surface area (Å²) in [6.45, 7) is 6.09. The minimum absolute atomic E-state index is 0. The predicted octanol–water partition coefficient (Wildman–Crippen LogP) is 4.76. The number of hydrogen-bond donors (Lipinski definition) is 2. The molecule has 0 aliphatic rings. The summed E-state index contributed by atoms with van der Waals surface area (Å²) in [5.74, 6) is 0.366. The topological polar surface area (TPSA) is 59.1 Å². The van der Waals surface area contributed by atoms with Crippen molar-refractivity contribution in [2.45, 2.75) is 26.7 Å². The van der Waals surface area contributed by atoms with Gasteiger partial charge in [0.1, 0.15) is 11.6 Å². The molecular weight excluding hydrogens is 303 g/mol. The van der Waals surface area contributed by atoms with Crippen molar-refractivity contribution in [2.24, 2.45) is 5.73 Å². The van der Waals surface area contributed by atoms with Gasteiger partial charge in [-0.15, -0.1) is 12.4 Å². The molecule has 3 N–H and O–H groups in total. The lowest BCUT2D eigenvalue weighted by atomic mass is 10.0. The maximum atomic E-state index is 14.1. The molecule has 0 spiro atoms. The second kappa shape index (κ2) is 7.27. The third-order valence-corrected chi connectivity index (χ3v) is 3.25. The lowest BCUT2D eigenvalue weighted by Crippen LogP contribution is -2.11. The minimum atomic E-state index is -0.529. The van der Waals surface area contributed by atoms with Gasteiger partial charge >= 0.3 is 0 Å². The number of rotatable bonds is 4. The smallest absolute Gasteiger partial charge is 0.166 e. The average molecular weight is 323 g/mol. The van der Waals surface area contributed by atoms with Crippen molar-refractivity contribution in [3.63, 3.8) is 0 Å².